The molecule has 2 saturated heterocycles. The van der Waals surface area contributed by atoms with Gasteiger partial charge in [-0.15, -0.1) is 0 Å². The SMILES string of the molecule is CC1(C)c2cc(C3CCN(CC4CCC(Nc5ccc6c(c5)C(=O)N(C5CCC(=O)NC5=O)C6=O)CC4)CC3)ccc2-n2c1nc(=O)c1c(Cl)cccc12. The minimum Gasteiger partial charge on any atom is -0.382 e. The predicted molar refractivity (Wildman–Crippen MR) is 205 cm³/mol. The molecule has 3 aromatic carbocycles. The largest absolute Gasteiger partial charge is 0.382 e. The van der Waals surface area contributed by atoms with Crippen molar-refractivity contribution < 1.29 is 19.2 Å². The summed E-state index contributed by atoms with van der Waals surface area (Å²) in [5.74, 6) is -0.0855. The van der Waals surface area contributed by atoms with E-state index in [2.05, 4.69) is 57.1 Å². The lowest BCUT2D eigenvalue weighted by Gasteiger charge is -2.37. The number of anilines is 1. The van der Waals surface area contributed by atoms with E-state index in [1.165, 1.54) is 11.1 Å². The molecule has 1 atom stereocenters. The maximum absolute atomic E-state index is 13.3. The van der Waals surface area contributed by atoms with Crippen molar-refractivity contribution in [3.8, 4) is 5.69 Å². The van der Waals surface area contributed by atoms with Crippen molar-refractivity contribution in [1.29, 1.82) is 0 Å². The zero-order valence-corrected chi connectivity index (χ0v) is 31.2. The third-order valence-corrected chi connectivity index (χ3v) is 12.9. The minimum absolute atomic E-state index is 0.0975. The quantitative estimate of drug-likeness (QED) is 0.232. The van der Waals surface area contributed by atoms with Crippen LogP contribution in [-0.4, -0.2) is 74.7 Å². The van der Waals surface area contributed by atoms with Gasteiger partial charge in [-0.3, -0.25) is 38.8 Å². The van der Waals surface area contributed by atoms with Gasteiger partial charge in [0.2, 0.25) is 11.8 Å². The molecule has 11 nitrogen and oxygen atoms in total. The topological polar surface area (TPSA) is 134 Å². The minimum atomic E-state index is -0.966. The Bertz CT molecular complexity index is 2320. The van der Waals surface area contributed by atoms with Gasteiger partial charge in [0.05, 0.1) is 38.2 Å². The van der Waals surface area contributed by atoms with Crippen LogP contribution in [0, 0.1) is 5.92 Å². The monoisotopic (exact) mass is 746 g/mol. The molecule has 1 saturated carbocycles. The molecule has 3 fully saturated rings. The molecule has 278 valence electrons. The number of amides is 4. The molecule has 4 aliphatic heterocycles. The molecule has 4 amide bonds. The second kappa shape index (κ2) is 13.2. The van der Waals surface area contributed by atoms with Gasteiger partial charge in [0.15, 0.2) is 0 Å². The molecule has 0 radical (unpaired) electrons. The standard InChI is InChI=1S/C42H43ClN6O5/c1-42(2)30-20-25(8-13-32(30)48-33-5-3-4-31(43)36(33)38(52)46-41(42)48)24-16-18-47(19-17-24)22-23-6-9-26(10-7-23)44-27-11-12-28-29(21-27)40(54)49(39(28)53)34-14-15-35(50)45-37(34)51/h3-5,8,11-13,20-21,23-24,26,34,44H,6-7,9-10,14-19,22H2,1-2H3,(H,45,50,51). The molecule has 2 N–H and O–H groups in total. The summed E-state index contributed by atoms with van der Waals surface area (Å²) in [5, 5.41) is 6.73. The van der Waals surface area contributed by atoms with E-state index in [9.17, 15) is 24.0 Å². The third kappa shape index (κ3) is 5.74. The first-order valence-corrected chi connectivity index (χ1v) is 19.6. The van der Waals surface area contributed by atoms with E-state index < -0.39 is 29.2 Å². The summed E-state index contributed by atoms with van der Waals surface area (Å²) >= 11 is 6.46. The number of hydrogen-bond acceptors (Lipinski definition) is 8. The first-order valence-electron chi connectivity index (χ1n) is 19.2. The van der Waals surface area contributed by atoms with Crippen molar-refractivity contribution in [2.45, 2.75) is 88.6 Å². The number of aromatic nitrogens is 2. The van der Waals surface area contributed by atoms with Gasteiger partial charge >= 0.3 is 0 Å². The summed E-state index contributed by atoms with van der Waals surface area (Å²) in [5.41, 5.74) is 5.12. The highest BCUT2D eigenvalue weighted by Gasteiger charge is 2.45. The fourth-order valence-corrected chi connectivity index (χ4v) is 9.86. The highest BCUT2D eigenvalue weighted by Crippen LogP contribution is 2.45. The van der Waals surface area contributed by atoms with Crippen molar-refractivity contribution in [2.24, 2.45) is 5.92 Å². The van der Waals surface area contributed by atoms with E-state index in [1.54, 1.807) is 18.2 Å². The van der Waals surface area contributed by atoms with Crippen LogP contribution in [-0.2, 0) is 15.0 Å². The van der Waals surface area contributed by atoms with E-state index in [-0.39, 0.29) is 30.3 Å². The van der Waals surface area contributed by atoms with Crippen molar-refractivity contribution in [1.82, 2.24) is 24.7 Å². The Morgan fingerprint density at radius 2 is 1.63 bits per heavy atom. The van der Waals surface area contributed by atoms with Gasteiger partial charge in [-0.25, -0.2) is 0 Å². The van der Waals surface area contributed by atoms with Crippen molar-refractivity contribution in [3.63, 3.8) is 0 Å². The molecule has 4 aromatic rings. The average molecular weight is 747 g/mol. The van der Waals surface area contributed by atoms with Gasteiger partial charge < -0.3 is 10.2 Å². The van der Waals surface area contributed by atoms with Crippen LogP contribution >= 0.6 is 11.6 Å². The van der Waals surface area contributed by atoms with Crippen LogP contribution < -0.4 is 16.2 Å². The molecule has 12 heteroatoms. The number of halogens is 1. The van der Waals surface area contributed by atoms with Crippen LogP contribution in [0.3, 0.4) is 0 Å². The van der Waals surface area contributed by atoms with Crippen molar-refractivity contribution >= 4 is 51.8 Å². The van der Waals surface area contributed by atoms with E-state index >= 15 is 0 Å². The number of hydrogen-bond donors (Lipinski definition) is 2. The predicted octanol–water partition coefficient (Wildman–Crippen LogP) is 5.93. The molecule has 0 bridgehead atoms. The second-order valence-corrected chi connectivity index (χ2v) is 16.7. The molecular weight excluding hydrogens is 704 g/mol. The van der Waals surface area contributed by atoms with E-state index in [0.29, 0.717) is 33.4 Å². The fraction of sp³-hybridized carbons (Fsp3) is 0.429. The maximum atomic E-state index is 13.3. The number of benzene rings is 3. The number of nitrogens with zero attached hydrogens (tertiary/aromatic N) is 4. The smallest absolute Gasteiger partial charge is 0.282 e. The first-order chi connectivity index (χ1) is 26.0. The molecular formula is C42H43ClN6O5. The number of fused-ring (bicyclic) bond motifs is 6. The molecule has 1 aromatic heterocycles. The summed E-state index contributed by atoms with van der Waals surface area (Å²) in [7, 11) is 0. The third-order valence-electron chi connectivity index (χ3n) is 12.6. The highest BCUT2D eigenvalue weighted by atomic mass is 35.5. The molecule has 5 heterocycles. The number of carbonyl (C=O) groups excluding carboxylic acids is 4. The van der Waals surface area contributed by atoms with E-state index in [4.69, 9.17) is 11.6 Å². The van der Waals surface area contributed by atoms with Crippen LogP contribution in [0.5, 0.6) is 0 Å². The summed E-state index contributed by atoms with van der Waals surface area (Å²) in [6, 6.07) is 16.9. The maximum Gasteiger partial charge on any atom is 0.282 e. The Balaban J connectivity index is 0.791. The zero-order valence-electron chi connectivity index (χ0n) is 30.5. The summed E-state index contributed by atoms with van der Waals surface area (Å²) < 4.78 is 2.11. The molecule has 0 spiro atoms. The Morgan fingerprint density at radius 3 is 2.39 bits per heavy atom. The van der Waals surface area contributed by atoms with Crippen LogP contribution in [0.2, 0.25) is 5.02 Å². The lowest BCUT2D eigenvalue weighted by atomic mass is 9.81. The molecule has 1 aliphatic carbocycles. The van der Waals surface area contributed by atoms with Gasteiger partial charge in [0.1, 0.15) is 11.9 Å². The highest BCUT2D eigenvalue weighted by molar-refractivity contribution is 6.35. The number of carbonyl (C=O) groups is 4. The summed E-state index contributed by atoms with van der Waals surface area (Å²) in [6.45, 7) is 7.55. The van der Waals surface area contributed by atoms with E-state index in [0.717, 1.165) is 85.8 Å². The lowest BCUT2D eigenvalue weighted by molar-refractivity contribution is -0.136. The second-order valence-electron chi connectivity index (χ2n) is 16.3. The Morgan fingerprint density at radius 1 is 0.870 bits per heavy atom. The van der Waals surface area contributed by atoms with Gasteiger partial charge in [0.25, 0.3) is 17.4 Å². The Hall–Kier alpha value is -4.87. The zero-order chi connectivity index (χ0) is 37.5. The van der Waals surface area contributed by atoms with Crippen LogP contribution in [0.4, 0.5) is 5.69 Å². The van der Waals surface area contributed by atoms with Crippen LogP contribution in [0.1, 0.15) is 109 Å². The van der Waals surface area contributed by atoms with Crippen LogP contribution in [0.15, 0.2) is 59.4 Å². The average Bonchev–Trinajstić information content (AvgIpc) is 3.53. The Labute approximate surface area is 318 Å². The molecule has 54 heavy (non-hydrogen) atoms. The fourth-order valence-electron chi connectivity index (χ4n) is 9.61. The number of rotatable bonds is 6. The summed E-state index contributed by atoms with van der Waals surface area (Å²) in [6.07, 6.45) is 6.77. The van der Waals surface area contributed by atoms with Gasteiger partial charge in [-0.05, 0) is 131 Å². The number of piperidine rings is 2. The number of nitrogens with one attached hydrogen (secondary N) is 2. The molecule has 9 rings (SSSR count). The molecule has 1 unspecified atom stereocenters. The lowest BCUT2D eigenvalue weighted by Crippen LogP contribution is -2.54. The normalized spacial score (nSPS) is 24.1. The number of likely N-dealkylation sites (tertiary alicyclic amines) is 1. The summed E-state index contributed by atoms with van der Waals surface area (Å²) in [4.78, 5) is 71.6. The Kier molecular flexibility index (Phi) is 8.50. The van der Waals surface area contributed by atoms with Gasteiger partial charge in [-0.2, -0.15) is 4.98 Å². The van der Waals surface area contributed by atoms with Crippen molar-refractivity contribution in [2.75, 3.05) is 25.0 Å². The first kappa shape index (κ1) is 34.9. The molecule has 5 aliphatic rings. The van der Waals surface area contributed by atoms with Crippen LogP contribution in [0.25, 0.3) is 16.6 Å². The van der Waals surface area contributed by atoms with Gasteiger partial charge in [0, 0.05) is 24.7 Å². The van der Waals surface area contributed by atoms with Crippen molar-refractivity contribution in [3.05, 3.63) is 98.1 Å². The number of imide groups is 2. The van der Waals surface area contributed by atoms with E-state index in [1.807, 2.05) is 18.2 Å². The van der Waals surface area contributed by atoms with Gasteiger partial charge in [-0.1, -0.05) is 29.8 Å².